The zero-order valence-corrected chi connectivity index (χ0v) is 30.4. The molecule has 0 saturated carbocycles. The van der Waals surface area contributed by atoms with Gasteiger partial charge in [-0.3, -0.25) is 4.90 Å². The van der Waals surface area contributed by atoms with Crippen LogP contribution in [0.15, 0.2) is 91.3 Å². The molecule has 0 fully saturated rings. The summed E-state index contributed by atoms with van der Waals surface area (Å²) in [6.45, 7) is 19.7. The van der Waals surface area contributed by atoms with Crippen molar-refractivity contribution in [1.29, 1.82) is 0 Å². The zero-order valence-electron chi connectivity index (χ0n) is 30.4. The summed E-state index contributed by atoms with van der Waals surface area (Å²) >= 11 is 0. The summed E-state index contributed by atoms with van der Waals surface area (Å²) in [5.74, 6) is 1.86. The summed E-state index contributed by atoms with van der Waals surface area (Å²) in [7, 11) is 0. The zero-order chi connectivity index (χ0) is 34.1. The number of para-hydroxylation sites is 1. The van der Waals surface area contributed by atoms with Gasteiger partial charge < -0.3 is 4.90 Å². The fraction of sp³-hybridized carbons (Fsp3) is 0.364. The number of aromatic nitrogens is 2. The highest BCUT2D eigenvalue weighted by molar-refractivity contribution is 7.00. The summed E-state index contributed by atoms with van der Waals surface area (Å²) in [4.78, 5) is 15.1. The SMILES string of the molecule is CC1(C)CCC(C)(C)c2c(N3c4ccnc5c4B(c4ccccc4N5c4ccccn4)c4ccc5c(c43)C(C)(C)CCC5(C)C)cccc21. The van der Waals surface area contributed by atoms with E-state index in [0.717, 1.165) is 30.2 Å². The van der Waals surface area contributed by atoms with Crippen molar-refractivity contribution in [3.63, 3.8) is 0 Å². The first-order valence-corrected chi connectivity index (χ1v) is 18.2. The van der Waals surface area contributed by atoms with Crippen molar-refractivity contribution >= 4 is 57.5 Å². The Kier molecular flexibility index (Phi) is 6.32. The van der Waals surface area contributed by atoms with Gasteiger partial charge in [0.05, 0.1) is 5.69 Å². The smallest absolute Gasteiger partial charge is 0.254 e. The molecule has 0 N–H and O–H groups in total. The van der Waals surface area contributed by atoms with Crippen LogP contribution in [0.1, 0.15) is 103 Å². The molecule has 0 amide bonds. The van der Waals surface area contributed by atoms with Gasteiger partial charge in [-0.2, -0.15) is 0 Å². The van der Waals surface area contributed by atoms with Crippen LogP contribution >= 0.6 is 0 Å². The molecule has 0 saturated heterocycles. The molecule has 2 aliphatic heterocycles. The molecular formula is C44H47BN4. The minimum Gasteiger partial charge on any atom is -0.311 e. The molecular weight excluding hydrogens is 595 g/mol. The lowest BCUT2D eigenvalue weighted by Gasteiger charge is -2.50. The number of pyridine rings is 2. The van der Waals surface area contributed by atoms with Crippen molar-refractivity contribution in [2.45, 2.75) is 103 Å². The average Bonchev–Trinajstić information content (AvgIpc) is 3.08. The minimum absolute atomic E-state index is 0.0135. The van der Waals surface area contributed by atoms with Crippen LogP contribution in [0.2, 0.25) is 0 Å². The van der Waals surface area contributed by atoms with Gasteiger partial charge in [-0.05, 0) is 116 Å². The predicted octanol–water partition coefficient (Wildman–Crippen LogP) is 9.26. The maximum Gasteiger partial charge on any atom is 0.254 e. The fourth-order valence-corrected chi connectivity index (χ4v) is 9.82. The highest BCUT2D eigenvalue weighted by Crippen LogP contribution is 2.56. The van der Waals surface area contributed by atoms with E-state index in [2.05, 4.69) is 138 Å². The van der Waals surface area contributed by atoms with Crippen LogP contribution in [0.5, 0.6) is 0 Å². The van der Waals surface area contributed by atoms with Gasteiger partial charge in [-0.15, -0.1) is 0 Å². The second-order valence-electron chi connectivity index (χ2n) is 17.6. The minimum atomic E-state index is 0.0135. The largest absolute Gasteiger partial charge is 0.311 e. The van der Waals surface area contributed by atoms with Crippen molar-refractivity contribution < 1.29 is 0 Å². The first-order valence-electron chi connectivity index (χ1n) is 18.2. The molecule has 5 heteroatoms. The Morgan fingerprint density at radius 3 is 1.90 bits per heavy atom. The molecule has 0 atom stereocenters. The second kappa shape index (κ2) is 10.1. The standard InChI is InChI=1S/C44H47BN4/c1-41(2)22-24-43(5,6)36-28(41)14-13-17-33(36)48-34-21-27-47-40-38(34)45(30-15-9-10-16-32(30)49(40)35-18-11-12-26-46-35)31-20-19-29-37(39(31)48)44(7,8)25-23-42(29,3)4/h9-21,26-27H,22-25H2,1-8H3. The van der Waals surface area contributed by atoms with E-state index in [0.29, 0.717) is 0 Å². The fourth-order valence-electron chi connectivity index (χ4n) is 9.82. The topological polar surface area (TPSA) is 32.3 Å². The normalized spacial score (nSPS) is 20.0. The van der Waals surface area contributed by atoms with Crippen molar-refractivity contribution in [3.8, 4) is 0 Å². The Morgan fingerprint density at radius 1 is 0.510 bits per heavy atom. The quantitative estimate of drug-likeness (QED) is 0.176. The summed E-state index contributed by atoms with van der Waals surface area (Å²) in [5, 5.41) is 0. The van der Waals surface area contributed by atoms with Gasteiger partial charge in [0.1, 0.15) is 11.6 Å². The van der Waals surface area contributed by atoms with Crippen molar-refractivity contribution in [1.82, 2.24) is 9.97 Å². The average molecular weight is 643 g/mol. The van der Waals surface area contributed by atoms with E-state index in [9.17, 15) is 0 Å². The Balaban J connectivity index is 1.44. The first-order chi connectivity index (χ1) is 23.3. The van der Waals surface area contributed by atoms with Crippen molar-refractivity contribution in [3.05, 3.63) is 114 Å². The van der Waals surface area contributed by atoms with Gasteiger partial charge in [-0.1, -0.05) is 104 Å². The van der Waals surface area contributed by atoms with E-state index in [-0.39, 0.29) is 28.4 Å². The number of hydrogen-bond acceptors (Lipinski definition) is 4. The van der Waals surface area contributed by atoms with Gasteiger partial charge in [0.15, 0.2) is 0 Å². The summed E-state index contributed by atoms with van der Waals surface area (Å²) in [6, 6.07) is 29.5. The van der Waals surface area contributed by atoms with E-state index < -0.39 is 0 Å². The number of hydrogen-bond donors (Lipinski definition) is 0. The highest BCUT2D eigenvalue weighted by atomic mass is 15.3. The van der Waals surface area contributed by atoms with Crippen LogP contribution in [0, 0.1) is 0 Å². The summed E-state index contributed by atoms with van der Waals surface area (Å²) in [6.07, 6.45) is 8.61. The second-order valence-corrected chi connectivity index (χ2v) is 17.6. The molecule has 49 heavy (non-hydrogen) atoms. The number of nitrogens with zero attached hydrogens (tertiary/aromatic N) is 4. The molecule has 5 aromatic rings. The van der Waals surface area contributed by atoms with Crippen molar-refractivity contribution in [2.75, 3.05) is 9.80 Å². The van der Waals surface area contributed by atoms with E-state index in [1.54, 1.807) is 0 Å². The van der Waals surface area contributed by atoms with E-state index in [1.165, 1.54) is 68.5 Å². The van der Waals surface area contributed by atoms with E-state index in [1.807, 2.05) is 18.5 Å². The number of rotatable bonds is 2. The van der Waals surface area contributed by atoms with Crippen LogP contribution in [0.25, 0.3) is 0 Å². The monoisotopic (exact) mass is 642 g/mol. The van der Waals surface area contributed by atoms with Crippen LogP contribution in [0.4, 0.5) is 34.4 Å². The number of benzene rings is 3. The lowest BCUT2D eigenvalue weighted by molar-refractivity contribution is 0.331. The molecule has 0 spiro atoms. The lowest BCUT2D eigenvalue weighted by Crippen LogP contribution is -2.62. The molecule has 2 aromatic heterocycles. The highest BCUT2D eigenvalue weighted by Gasteiger charge is 2.50. The van der Waals surface area contributed by atoms with Crippen LogP contribution in [0.3, 0.4) is 0 Å². The van der Waals surface area contributed by atoms with Crippen molar-refractivity contribution in [2.24, 2.45) is 0 Å². The molecule has 0 radical (unpaired) electrons. The number of fused-ring (bicyclic) bond motifs is 7. The third-order valence-electron chi connectivity index (χ3n) is 12.6. The molecule has 4 heterocycles. The molecule has 246 valence electrons. The summed E-state index contributed by atoms with van der Waals surface area (Å²) < 4.78 is 0. The van der Waals surface area contributed by atoms with Gasteiger partial charge in [0.25, 0.3) is 6.71 Å². The molecule has 0 unspecified atom stereocenters. The predicted molar refractivity (Wildman–Crippen MR) is 207 cm³/mol. The Hall–Kier alpha value is -4.38. The molecule has 2 aliphatic carbocycles. The van der Waals surface area contributed by atoms with Gasteiger partial charge >= 0.3 is 0 Å². The first kappa shape index (κ1) is 30.7. The number of anilines is 6. The summed E-state index contributed by atoms with van der Waals surface area (Å²) in [5.41, 5.74) is 15.3. The molecule has 3 aromatic carbocycles. The molecule has 4 nitrogen and oxygen atoms in total. The maximum absolute atomic E-state index is 5.21. The molecule has 9 rings (SSSR count). The van der Waals surface area contributed by atoms with Gasteiger partial charge in [-0.25, -0.2) is 9.97 Å². The Labute approximate surface area is 292 Å². The third kappa shape index (κ3) is 4.23. The van der Waals surface area contributed by atoms with E-state index in [4.69, 9.17) is 9.97 Å². The molecule has 4 aliphatic rings. The van der Waals surface area contributed by atoms with Gasteiger partial charge in [0, 0.05) is 29.5 Å². The van der Waals surface area contributed by atoms with E-state index >= 15 is 0 Å². The molecule has 0 bridgehead atoms. The Morgan fingerprint density at radius 2 is 1.16 bits per heavy atom. The maximum atomic E-state index is 5.21. The van der Waals surface area contributed by atoms with Crippen LogP contribution < -0.4 is 26.2 Å². The van der Waals surface area contributed by atoms with Gasteiger partial charge in [0.2, 0.25) is 0 Å². The lowest BCUT2D eigenvalue weighted by atomic mass is 9.33. The van der Waals surface area contributed by atoms with Crippen LogP contribution in [-0.4, -0.2) is 16.7 Å². The van der Waals surface area contributed by atoms with Crippen LogP contribution in [-0.2, 0) is 21.7 Å². The Bertz CT molecular complexity index is 2160. The third-order valence-corrected chi connectivity index (χ3v) is 12.6.